The molecule has 0 saturated carbocycles. The molecule has 0 bridgehead atoms. The number of halogens is 1. The quantitative estimate of drug-likeness (QED) is 0.822. The summed E-state index contributed by atoms with van der Waals surface area (Å²) in [6.07, 6.45) is -0.347. The summed E-state index contributed by atoms with van der Waals surface area (Å²) in [7, 11) is 3.78. The Hall–Kier alpha value is -1.47. The number of aliphatic carboxylic acids is 1. The zero-order valence-corrected chi connectivity index (χ0v) is 11.2. The maximum absolute atomic E-state index is 11.4. The molecule has 18 heavy (non-hydrogen) atoms. The molecule has 0 radical (unpaired) electrons. The van der Waals surface area contributed by atoms with Crippen LogP contribution in [0.4, 0.5) is 0 Å². The second-order valence-electron chi connectivity index (χ2n) is 3.34. The van der Waals surface area contributed by atoms with Crippen LogP contribution in [-0.4, -0.2) is 33.7 Å². The van der Waals surface area contributed by atoms with E-state index in [2.05, 4.69) is 0 Å². The van der Waals surface area contributed by atoms with Crippen molar-refractivity contribution >= 4 is 25.7 Å². The number of rotatable bonds is 5. The van der Waals surface area contributed by atoms with E-state index >= 15 is 0 Å². The lowest BCUT2D eigenvalue weighted by atomic mass is 10.1. The van der Waals surface area contributed by atoms with E-state index in [1.54, 1.807) is 0 Å². The summed E-state index contributed by atoms with van der Waals surface area (Å²) in [5.41, 5.74) is 0.249. The molecule has 0 amide bonds. The summed E-state index contributed by atoms with van der Waals surface area (Å²) >= 11 is 0. The number of carboxylic acids is 1. The second kappa shape index (κ2) is 5.45. The Bertz CT molecular complexity index is 566. The van der Waals surface area contributed by atoms with Gasteiger partial charge < -0.3 is 14.6 Å². The van der Waals surface area contributed by atoms with Gasteiger partial charge in [-0.05, 0) is 17.7 Å². The Kier molecular flexibility index (Phi) is 4.42. The molecule has 1 N–H and O–H groups in total. The number of carboxylic acid groups (broad SMARTS) is 1. The molecule has 8 heteroatoms. The summed E-state index contributed by atoms with van der Waals surface area (Å²) in [4.78, 5) is 10.3. The second-order valence-corrected chi connectivity index (χ2v) is 5.87. The Morgan fingerprint density at radius 1 is 1.33 bits per heavy atom. The molecule has 0 spiro atoms. The van der Waals surface area contributed by atoms with E-state index < -0.39 is 15.0 Å². The molecule has 0 unspecified atom stereocenters. The number of carbonyl (C=O) groups is 1. The van der Waals surface area contributed by atoms with Gasteiger partial charge in [-0.15, -0.1) is 0 Å². The van der Waals surface area contributed by atoms with Crippen LogP contribution in [0.5, 0.6) is 11.5 Å². The first kappa shape index (κ1) is 14.6. The number of ether oxygens (including phenoxy) is 2. The van der Waals surface area contributed by atoms with Crippen molar-refractivity contribution in [3.05, 3.63) is 17.7 Å². The van der Waals surface area contributed by atoms with Crippen LogP contribution in [0.3, 0.4) is 0 Å². The van der Waals surface area contributed by atoms with Crippen LogP contribution in [0, 0.1) is 0 Å². The fourth-order valence-corrected chi connectivity index (χ4v) is 2.48. The fraction of sp³-hybridized carbons (Fsp3) is 0.300. The van der Waals surface area contributed by atoms with E-state index in [0.29, 0.717) is 0 Å². The van der Waals surface area contributed by atoms with E-state index in [4.69, 9.17) is 25.3 Å². The molecule has 100 valence electrons. The molecule has 0 aliphatic rings. The van der Waals surface area contributed by atoms with Crippen LogP contribution >= 0.6 is 10.7 Å². The van der Waals surface area contributed by atoms with Gasteiger partial charge in [-0.1, -0.05) is 0 Å². The molecule has 1 aromatic carbocycles. The molecule has 1 aromatic rings. The largest absolute Gasteiger partial charge is 0.493 e. The van der Waals surface area contributed by atoms with Crippen molar-refractivity contribution < 1.29 is 27.8 Å². The minimum Gasteiger partial charge on any atom is -0.493 e. The van der Waals surface area contributed by atoms with Crippen molar-refractivity contribution in [1.82, 2.24) is 0 Å². The molecule has 0 atom stereocenters. The summed E-state index contributed by atoms with van der Waals surface area (Å²) in [6, 6.07) is 2.54. The van der Waals surface area contributed by atoms with Crippen molar-refractivity contribution in [1.29, 1.82) is 0 Å². The van der Waals surface area contributed by atoms with Crippen molar-refractivity contribution in [3.8, 4) is 11.5 Å². The normalized spacial score (nSPS) is 11.1. The number of hydrogen-bond donors (Lipinski definition) is 1. The minimum atomic E-state index is -4.06. The third-order valence-corrected chi connectivity index (χ3v) is 3.45. The number of hydrogen-bond acceptors (Lipinski definition) is 5. The maximum atomic E-state index is 11.4. The lowest BCUT2D eigenvalue weighted by Gasteiger charge is -2.12. The first-order valence-corrected chi connectivity index (χ1v) is 7.02. The van der Waals surface area contributed by atoms with Crippen molar-refractivity contribution in [3.63, 3.8) is 0 Å². The number of benzene rings is 1. The SMILES string of the molecule is COc1cc(CC(=O)O)cc(S(=O)(=O)Cl)c1OC. The van der Waals surface area contributed by atoms with Gasteiger partial charge in [0, 0.05) is 10.7 Å². The first-order chi connectivity index (χ1) is 8.29. The summed E-state index contributed by atoms with van der Waals surface area (Å²) in [6.45, 7) is 0. The number of methoxy groups -OCH3 is 2. The molecule has 0 fully saturated rings. The Labute approximate surface area is 109 Å². The molecular weight excluding hydrogens is 284 g/mol. The average Bonchev–Trinajstić information content (AvgIpc) is 2.25. The van der Waals surface area contributed by atoms with Crippen molar-refractivity contribution in [2.45, 2.75) is 11.3 Å². The molecule has 0 aliphatic carbocycles. The summed E-state index contributed by atoms with van der Waals surface area (Å²) in [5, 5.41) is 8.70. The first-order valence-electron chi connectivity index (χ1n) is 4.71. The molecule has 0 aromatic heterocycles. The third kappa shape index (κ3) is 3.27. The van der Waals surface area contributed by atoms with E-state index in [1.807, 2.05) is 0 Å². The molecule has 0 aliphatic heterocycles. The van der Waals surface area contributed by atoms with Gasteiger partial charge in [0.2, 0.25) is 0 Å². The summed E-state index contributed by atoms with van der Waals surface area (Å²) < 4.78 is 32.7. The molecular formula is C10H11ClO6S. The van der Waals surface area contributed by atoms with Gasteiger partial charge in [0.15, 0.2) is 11.5 Å². The van der Waals surface area contributed by atoms with Gasteiger partial charge >= 0.3 is 5.97 Å². The van der Waals surface area contributed by atoms with E-state index in [9.17, 15) is 13.2 Å². The molecule has 1 rings (SSSR count). The predicted molar refractivity (Wildman–Crippen MR) is 63.9 cm³/mol. The van der Waals surface area contributed by atoms with Crippen LogP contribution in [0.15, 0.2) is 17.0 Å². The van der Waals surface area contributed by atoms with Gasteiger partial charge in [0.05, 0.1) is 20.6 Å². The Morgan fingerprint density at radius 3 is 2.33 bits per heavy atom. The zero-order chi connectivity index (χ0) is 13.9. The van der Waals surface area contributed by atoms with Gasteiger partial charge in [-0.2, -0.15) is 0 Å². The Balaban J connectivity index is 3.50. The highest BCUT2D eigenvalue weighted by atomic mass is 35.7. The van der Waals surface area contributed by atoms with E-state index in [-0.39, 0.29) is 28.4 Å². The van der Waals surface area contributed by atoms with Gasteiger partial charge in [-0.3, -0.25) is 4.79 Å². The van der Waals surface area contributed by atoms with Crippen LogP contribution in [0.25, 0.3) is 0 Å². The Morgan fingerprint density at radius 2 is 1.94 bits per heavy atom. The topological polar surface area (TPSA) is 89.9 Å². The monoisotopic (exact) mass is 294 g/mol. The van der Waals surface area contributed by atoms with Gasteiger partial charge in [-0.25, -0.2) is 8.42 Å². The highest BCUT2D eigenvalue weighted by Gasteiger charge is 2.22. The van der Waals surface area contributed by atoms with E-state index in [1.165, 1.54) is 20.3 Å². The highest BCUT2D eigenvalue weighted by Crippen LogP contribution is 2.37. The molecule has 6 nitrogen and oxygen atoms in total. The molecule has 0 heterocycles. The van der Waals surface area contributed by atoms with Gasteiger partial charge in [0.1, 0.15) is 4.90 Å². The van der Waals surface area contributed by atoms with Crippen molar-refractivity contribution in [2.75, 3.05) is 14.2 Å². The maximum Gasteiger partial charge on any atom is 0.307 e. The lowest BCUT2D eigenvalue weighted by Crippen LogP contribution is -2.05. The van der Waals surface area contributed by atoms with Gasteiger partial charge in [0.25, 0.3) is 9.05 Å². The standard InChI is InChI=1S/C10H11ClO6S/c1-16-7-3-6(5-9(12)13)4-8(10(7)17-2)18(11,14)15/h3-4H,5H2,1-2H3,(H,12,13). The van der Waals surface area contributed by atoms with Crippen LogP contribution < -0.4 is 9.47 Å². The smallest absolute Gasteiger partial charge is 0.307 e. The van der Waals surface area contributed by atoms with Crippen LogP contribution in [0.1, 0.15) is 5.56 Å². The fourth-order valence-electron chi connectivity index (χ4n) is 1.44. The molecule has 0 saturated heterocycles. The van der Waals surface area contributed by atoms with E-state index in [0.717, 1.165) is 6.07 Å². The van der Waals surface area contributed by atoms with Crippen LogP contribution in [-0.2, 0) is 20.3 Å². The summed E-state index contributed by atoms with van der Waals surface area (Å²) in [5.74, 6) is -1.04. The lowest BCUT2D eigenvalue weighted by molar-refractivity contribution is -0.136. The predicted octanol–water partition coefficient (Wildman–Crippen LogP) is 1.26. The van der Waals surface area contributed by atoms with Crippen molar-refractivity contribution in [2.24, 2.45) is 0 Å². The average molecular weight is 295 g/mol. The van der Waals surface area contributed by atoms with Crippen LogP contribution in [0.2, 0.25) is 0 Å². The highest BCUT2D eigenvalue weighted by molar-refractivity contribution is 8.13. The minimum absolute atomic E-state index is 0.0540. The third-order valence-electron chi connectivity index (χ3n) is 2.12. The zero-order valence-electron chi connectivity index (χ0n) is 9.64.